The molecular formula is C10H6ClNO2S2. The van der Waals surface area contributed by atoms with Crippen LogP contribution in [0.5, 0.6) is 5.75 Å². The number of phenolic OH excluding ortho intramolecular Hbond substituents is 1. The summed E-state index contributed by atoms with van der Waals surface area (Å²) >= 11 is 11.8. The number of carbonyl (C=O) groups excluding carboxylic acids is 1. The minimum Gasteiger partial charge on any atom is -0.507 e. The molecule has 0 unspecified atom stereocenters. The van der Waals surface area contributed by atoms with Crippen molar-refractivity contribution >= 4 is 51.9 Å². The van der Waals surface area contributed by atoms with Gasteiger partial charge in [-0.3, -0.25) is 4.79 Å². The van der Waals surface area contributed by atoms with Crippen molar-refractivity contribution in [1.29, 1.82) is 0 Å². The Kier molecular flexibility index (Phi) is 3.18. The maximum absolute atomic E-state index is 11.0. The molecule has 1 heterocycles. The number of amides is 1. The van der Waals surface area contributed by atoms with Gasteiger partial charge in [0.05, 0.1) is 4.91 Å². The van der Waals surface area contributed by atoms with E-state index in [1.807, 2.05) is 0 Å². The molecule has 2 N–H and O–H groups in total. The SMILES string of the molecule is O=C1NC(=S)C(=Cc2cc(Cl)ccc2O)S1. The number of nitrogens with one attached hydrogen (secondary N) is 1. The van der Waals surface area contributed by atoms with E-state index in [9.17, 15) is 9.90 Å². The van der Waals surface area contributed by atoms with Crippen molar-refractivity contribution < 1.29 is 9.90 Å². The standard InChI is InChI=1S/C10H6ClNO2S2/c11-6-1-2-7(13)5(3-6)4-8-9(15)12-10(14)16-8/h1-4,13H,(H,12,14,15). The second-order valence-electron chi connectivity index (χ2n) is 3.06. The van der Waals surface area contributed by atoms with Gasteiger partial charge in [-0.1, -0.05) is 23.8 Å². The fourth-order valence-electron chi connectivity index (χ4n) is 1.20. The highest BCUT2D eigenvalue weighted by molar-refractivity contribution is 8.19. The lowest BCUT2D eigenvalue weighted by Crippen LogP contribution is -2.15. The summed E-state index contributed by atoms with van der Waals surface area (Å²) in [6.45, 7) is 0. The van der Waals surface area contributed by atoms with Crippen LogP contribution in [0.2, 0.25) is 5.02 Å². The lowest BCUT2D eigenvalue weighted by Gasteiger charge is -2.00. The molecule has 3 nitrogen and oxygen atoms in total. The van der Waals surface area contributed by atoms with Crippen LogP contribution in [0.15, 0.2) is 23.1 Å². The highest BCUT2D eigenvalue weighted by Crippen LogP contribution is 2.30. The Morgan fingerprint density at radius 1 is 1.50 bits per heavy atom. The van der Waals surface area contributed by atoms with Crippen LogP contribution in [0, 0.1) is 0 Å². The third kappa shape index (κ3) is 2.37. The molecule has 6 heteroatoms. The Morgan fingerprint density at radius 3 is 2.88 bits per heavy atom. The van der Waals surface area contributed by atoms with Gasteiger partial charge >= 0.3 is 0 Å². The lowest BCUT2D eigenvalue weighted by atomic mass is 10.2. The average Bonchev–Trinajstić information content (AvgIpc) is 2.51. The van der Waals surface area contributed by atoms with Gasteiger partial charge in [0.25, 0.3) is 5.24 Å². The van der Waals surface area contributed by atoms with E-state index in [0.29, 0.717) is 20.5 Å². The fourth-order valence-corrected chi connectivity index (χ4v) is 2.41. The molecule has 1 aromatic rings. The van der Waals surface area contributed by atoms with E-state index in [2.05, 4.69) is 5.32 Å². The quantitative estimate of drug-likeness (QED) is 0.608. The number of aromatic hydroxyl groups is 1. The molecule has 0 radical (unpaired) electrons. The van der Waals surface area contributed by atoms with Crippen molar-refractivity contribution in [2.45, 2.75) is 0 Å². The molecule has 0 atom stereocenters. The number of thiocarbonyl (C=S) groups is 1. The summed E-state index contributed by atoms with van der Waals surface area (Å²) in [5.74, 6) is 0.0969. The predicted molar refractivity (Wildman–Crippen MR) is 69.8 cm³/mol. The first-order valence-electron chi connectivity index (χ1n) is 4.29. The summed E-state index contributed by atoms with van der Waals surface area (Å²) in [6.07, 6.45) is 1.63. The second kappa shape index (κ2) is 4.45. The molecule has 0 aromatic heterocycles. The first-order valence-corrected chi connectivity index (χ1v) is 5.90. The number of halogens is 1. The zero-order chi connectivity index (χ0) is 11.7. The van der Waals surface area contributed by atoms with E-state index < -0.39 is 0 Å². The van der Waals surface area contributed by atoms with E-state index in [1.54, 1.807) is 18.2 Å². The van der Waals surface area contributed by atoms with Gasteiger partial charge in [0.2, 0.25) is 0 Å². The van der Waals surface area contributed by atoms with Crippen LogP contribution in [0.25, 0.3) is 6.08 Å². The van der Waals surface area contributed by atoms with Crippen molar-refractivity contribution in [2.75, 3.05) is 0 Å². The van der Waals surface area contributed by atoms with Crippen molar-refractivity contribution in [2.24, 2.45) is 0 Å². The van der Waals surface area contributed by atoms with Crippen molar-refractivity contribution in [3.8, 4) is 5.75 Å². The molecule has 82 valence electrons. The summed E-state index contributed by atoms with van der Waals surface area (Å²) in [5, 5.41) is 12.4. The topological polar surface area (TPSA) is 49.3 Å². The van der Waals surface area contributed by atoms with Gasteiger partial charge in [-0.15, -0.1) is 0 Å². The molecule has 1 saturated heterocycles. The number of phenols is 1. The van der Waals surface area contributed by atoms with E-state index in [4.69, 9.17) is 23.8 Å². The first-order chi connectivity index (χ1) is 7.56. The maximum atomic E-state index is 11.0. The normalized spacial score (nSPS) is 17.9. The van der Waals surface area contributed by atoms with Gasteiger partial charge in [0.15, 0.2) is 0 Å². The molecule has 0 aliphatic carbocycles. The largest absolute Gasteiger partial charge is 0.507 e. The molecule has 0 spiro atoms. The van der Waals surface area contributed by atoms with E-state index in [0.717, 1.165) is 11.8 Å². The second-order valence-corrected chi connectivity index (χ2v) is 4.91. The minimum atomic E-state index is -0.210. The number of hydrogen-bond acceptors (Lipinski definition) is 4. The van der Waals surface area contributed by atoms with Crippen LogP contribution < -0.4 is 5.32 Å². The molecule has 2 rings (SSSR count). The average molecular weight is 272 g/mol. The van der Waals surface area contributed by atoms with Gasteiger partial charge in [-0.2, -0.15) is 0 Å². The molecule has 1 amide bonds. The number of carbonyl (C=O) groups is 1. The van der Waals surface area contributed by atoms with E-state index in [-0.39, 0.29) is 11.0 Å². The number of hydrogen-bond donors (Lipinski definition) is 2. The van der Waals surface area contributed by atoms with Crippen LogP contribution in [0.4, 0.5) is 4.79 Å². The minimum absolute atomic E-state index is 0.0969. The molecule has 1 aromatic carbocycles. The predicted octanol–water partition coefficient (Wildman–Crippen LogP) is 3.17. The van der Waals surface area contributed by atoms with Crippen molar-refractivity contribution in [3.05, 3.63) is 33.7 Å². The van der Waals surface area contributed by atoms with E-state index >= 15 is 0 Å². The number of rotatable bonds is 1. The number of thioether (sulfide) groups is 1. The highest BCUT2D eigenvalue weighted by atomic mass is 35.5. The molecular weight excluding hydrogens is 266 g/mol. The zero-order valence-corrected chi connectivity index (χ0v) is 10.2. The van der Waals surface area contributed by atoms with Gasteiger partial charge in [0.1, 0.15) is 10.7 Å². The van der Waals surface area contributed by atoms with Crippen LogP contribution in [0.1, 0.15) is 5.56 Å². The van der Waals surface area contributed by atoms with Gasteiger partial charge < -0.3 is 10.4 Å². The third-order valence-corrected chi connectivity index (χ3v) is 3.43. The molecule has 16 heavy (non-hydrogen) atoms. The van der Waals surface area contributed by atoms with Crippen molar-refractivity contribution in [1.82, 2.24) is 5.32 Å². The fraction of sp³-hybridized carbons (Fsp3) is 0. The molecule has 1 aliphatic heterocycles. The Labute approximate surface area is 106 Å². The molecule has 0 saturated carbocycles. The summed E-state index contributed by atoms with van der Waals surface area (Å²) < 4.78 is 0. The Morgan fingerprint density at radius 2 is 2.25 bits per heavy atom. The Hall–Kier alpha value is -1.04. The van der Waals surface area contributed by atoms with E-state index in [1.165, 1.54) is 6.07 Å². The Bertz CT molecular complexity index is 514. The monoisotopic (exact) mass is 271 g/mol. The summed E-state index contributed by atoms with van der Waals surface area (Å²) in [6, 6.07) is 4.69. The summed E-state index contributed by atoms with van der Waals surface area (Å²) in [7, 11) is 0. The van der Waals surface area contributed by atoms with Crippen molar-refractivity contribution in [3.63, 3.8) is 0 Å². The van der Waals surface area contributed by atoms with Crippen LogP contribution in [-0.2, 0) is 0 Å². The van der Waals surface area contributed by atoms with Crippen LogP contribution in [0.3, 0.4) is 0 Å². The van der Waals surface area contributed by atoms with Gasteiger partial charge in [-0.25, -0.2) is 0 Å². The molecule has 0 bridgehead atoms. The summed E-state index contributed by atoms with van der Waals surface area (Å²) in [5.41, 5.74) is 0.536. The van der Waals surface area contributed by atoms with Gasteiger partial charge in [-0.05, 0) is 36.0 Å². The van der Waals surface area contributed by atoms with Gasteiger partial charge in [0, 0.05) is 10.6 Å². The highest BCUT2D eigenvalue weighted by Gasteiger charge is 2.21. The maximum Gasteiger partial charge on any atom is 0.289 e. The third-order valence-electron chi connectivity index (χ3n) is 1.92. The zero-order valence-electron chi connectivity index (χ0n) is 7.86. The first kappa shape index (κ1) is 11.4. The summed E-state index contributed by atoms with van der Waals surface area (Å²) in [4.78, 5) is 12.0. The lowest BCUT2D eigenvalue weighted by molar-refractivity contribution is 0.265. The molecule has 1 fully saturated rings. The van der Waals surface area contributed by atoms with Crippen LogP contribution >= 0.6 is 35.6 Å². The molecule has 1 aliphatic rings. The number of benzene rings is 1. The smallest absolute Gasteiger partial charge is 0.289 e. The Balaban J connectivity index is 2.39. The van der Waals surface area contributed by atoms with Crippen LogP contribution in [-0.4, -0.2) is 15.3 Å².